The first-order valence-corrected chi connectivity index (χ1v) is 9.87. The zero-order chi connectivity index (χ0) is 22.8. The Hall–Kier alpha value is -4.00. The summed E-state index contributed by atoms with van der Waals surface area (Å²) in [5.41, 5.74) is 0.700. The zero-order valence-electron chi connectivity index (χ0n) is 17.2. The smallest absolute Gasteiger partial charge is 0.387 e. The minimum atomic E-state index is -2.99. The number of amides is 1. The molecule has 0 bridgehead atoms. The van der Waals surface area contributed by atoms with Crippen molar-refractivity contribution in [3.63, 3.8) is 0 Å². The predicted molar refractivity (Wildman–Crippen MR) is 113 cm³/mol. The van der Waals surface area contributed by atoms with Crippen molar-refractivity contribution in [2.45, 2.75) is 6.61 Å². The summed E-state index contributed by atoms with van der Waals surface area (Å²) in [7, 11) is 1.50. The molecule has 32 heavy (non-hydrogen) atoms. The van der Waals surface area contributed by atoms with Crippen LogP contribution in [0.15, 0.2) is 47.3 Å². The van der Waals surface area contributed by atoms with Crippen molar-refractivity contribution in [3.05, 3.63) is 64.1 Å². The lowest BCUT2D eigenvalue weighted by Gasteiger charge is -2.36. The number of fused-ring (bicyclic) bond motifs is 1. The summed E-state index contributed by atoms with van der Waals surface area (Å²) in [4.78, 5) is 29.0. The number of halogens is 2. The monoisotopic (exact) mass is 439 g/mol. The highest BCUT2D eigenvalue weighted by Crippen LogP contribution is 2.26. The van der Waals surface area contributed by atoms with Crippen LogP contribution in [0.1, 0.15) is 16.1 Å². The Morgan fingerprint density at radius 2 is 1.81 bits per heavy atom. The number of hydrogen-bond donors (Lipinski definition) is 0. The van der Waals surface area contributed by atoms with Crippen LogP contribution in [0.2, 0.25) is 0 Å². The van der Waals surface area contributed by atoms with Crippen LogP contribution in [-0.2, 0) is 7.05 Å². The van der Waals surface area contributed by atoms with Crippen LogP contribution < -0.4 is 15.2 Å². The summed E-state index contributed by atoms with van der Waals surface area (Å²) in [6.07, 6.45) is 0. The van der Waals surface area contributed by atoms with E-state index < -0.39 is 6.61 Å². The van der Waals surface area contributed by atoms with Crippen LogP contribution in [0.25, 0.3) is 10.8 Å². The number of piperazine rings is 1. The van der Waals surface area contributed by atoms with E-state index in [1.54, 1.807) is 35.2 Å². The number of nitrogens with zero attached hydrogens (tertiary/aromatic N) is 5. The molecule has 8 nitrogen and oxygen atoms in total. The van der Waals surface area contributed by atoms with Crippen molar-refractivity contribution in [2.75, 3.05) is 31.1 Å². The summed E-state index contributed by atoms with van der Waals surface area (Å²) in [6, 6.07) is 13.1. The van der Waals surface area contributed by atoms with E-state index in [1.165, 1.54) is 19.2 Å². The first-order chi connectivity index (χ1) is 15.4. The standard InChI is InChI=1S/C22H19F2N5O3/c1-27-20(30)18-5-3-2-4-17(18)19(26-27)21(31)29-8-6-28(7-9-29)15-10-14(13-25)11-16(12-15)32-22(23)24/h2-5,10-12,22H,6-9H2,1H3. The van der Waals surface area contributed by atoms with E-state index in [2.05, 4.69) is 9.84 Å². The van der Waals surface area contributed by atoms with Gasteiger partial charge in [0.25, 0.3) is 11.5 Å². The van der Waals surface area contributed by atoms with E-state index in [4.69, 9.17) is 0 Å². The summed E-state index contributed by atoms with van der Waals surface area (Å²) < 4.78 is 30.8. The van der Waals surface area contributed by atoms with Gasteiger partial charge in [0.15, 0.2) is 5.69 Å². The van der Waals surface area contributed by atoms with Gasteiger partial charge in [-0.05, 0) is 18.2 Å². The maximum atomic E-state index is 13.2. The normalized spacial score (nSPS) is 14.0. The van der Waals surface area contributed by atoms with Crippen LogP contribution in [0.4, 0.5) is 14.5 Å². The van der Waals surface area contributed by atoms with Crippen molar-refractivity contribution in [1.29, 1.82) is 5.26 Å². The highest BCUT2D eigenvalue weighted by molar-refractivity contribution is 6.04. The van der Waals surface area contributed by atoms with Gasteiger partial charge in [-0.3, -0.25) is 9.59 Å². The summed E-state index contributed by atoms with van der Waals surface area (Å²) in [5.74, 6) is -0.377. The second-order valence-electron chi connectivity index (χ2n) is 7.31. The van der Waals surface area contributed by atoms with Gasteiger partial charge in [-0.25, -0.2) is 4.68 Å². The Labute approximate surface area is 181 Å². The molecule has 1 fully saturated rings. The molecule has 1 aromatic heterocycles. The third-order valence-corrected chi connectivity index (χ3v) is 5.34. The lowest BCUT2D eigenvalue weighted by atomic mass is 10.1. The molecule has 1 aliphatic rings. The Kier molecular flexibility index (Phi) is 5.73. The fraction of sp³-hybridized carbons (Fsp3) is 0.273. The molecule has 2 heterocycles. The maximum Gasteiger partial charge on any atom is 0.387 e. The molecule has 1 saturated heterocycles. The van der Waals surface area contributed by atoms with Gasteiger partial charge in [-0.15, -0.1) is 0 Å². The molecular weight excluding hydrogens is 420 g/mol. The van der Waals surface area contributed by atoms with Crippen molar-refractivity contribution < 1.29 is 18.3 Å². The molecule has 0 unspecified atom stereocenters. The van der Waals surface area contributed by atoms with Crippen molar-refractivity contribution in [2.24, 2.45) is 7.05 Å². The molecule has 4 rings (SSSR count). The molecule has 0 N–H and O–H groups in total. The average molecular weight is 439 g/mol. The topological polar surface area (TPSA) is 91.5 Å². The number of rotatable bonds is 4. The van der Waals surface area contributed by atoms with E-state index in [0.29, 0.717) is 42.6 Å². The molecule has 3 aromatic rings. The summed E-state index contributed by atoms with van der Waals surface area (Å²) in [5, 5.41) is 14.3. The quantitative estimate of drug-likeness (QED) is 0.620. The van der Waals surface area contributed by atoms with Crippen LogP contribution in [0.5, 0.6) is 5.75 Å². The third kappa shape index (κ3) is 4.09. The van der Waals surface area contributed by atoms with Gasteiger partial charge >= 0.3 is 6.61 Å². The van der Waals surface area contributed by atoms with Gasteiger partial charge in [0.05, 0.1) is 17.0 Å². The maximum absolute atomic E-state index is 13.2. The van der Waals surface area contributed by atoms with Crippen molar-refractivity contribution >= 4 is 22.4 Å². The SMILES string of the molecule is Cn1nc(C(=O)N2CCN(c3cc(C#N)cc(OC(F)F)c3)CC2)c2ccccc2c1=O. The highest BCUT2D eigenvalue weighted by atomic mass is 19.3. The molecule has 0 spiro atoms. The largest absolute Gasteiger partial charge is 0.435 e. The number of aryl methyl sites for hydroxylation is 1. The van der Waals surface area contributed by atoms with Gasteiger partial charge in [0.2, 0.25) is 0 Å². The third-order valence-electron chi connectivity index (χ3n) is 5.34. The predicted octanol–water partition coefficient (Wildman–Crippen LogP) is 2.37. The molecule has 1 aliphatic heterocycles. The molecule has 2 aromatic carbocycles. The number of anilines is 1. The van der Waals surface area contributed by atoms with E-state index in [-0.39, 0.29) is 28.5 Å². The molecule has 0 atom stereocenters. The van der Waals surface area contributed by atoms with E-state index in [9.17, 15) is 23.6 Å². The Balaban J connectivity index is 1.55. The molecule has 10 heteroatoms. The van der Waals surface area contributed by atoms with Crippen LogP contribution >= 0.6 is 0 Å². The van der Waals surface area contributed by atoms with Crippen LogP contribution in [0, 0.1) is 11.3 Å². The number of ether oxygens (including phenoxy) is 1. The second-order valence-corrected chi connectivity index (χ2v) is 7.31. The number of nitriles is 1. The van der Waals surface area contributed by atoms with Crippen LogP contribution in [0.3, 0.4) is 0 Å². The number of aromatic nitrogens is 2. The Morgan fingerprint density at radius 3 is 2.47 bits per heavy atom. The van der Waals surface area contributed by atoms with Gasteiger partial charge < -0.3 is 14.5 Å². The fourth-order valence-electron chi connectivity index (χ4n) is 3.78. The summed E-state index contributed by atoms with van der Waals surface area (Å²) >= 11 is 0. The molecular formula is C22H19F2N5O3. The van der Waals surface area contributed by atoms with Gasteiger partial charge in [0, 0.05) is 50.4 Å². The number of carbonyl (C=O) groups excluding carboxylic acids is 1. The number of hydrogen-bond acceptors (Lipinski definition) is 6. The Morgan fingerprint density at radius 1 is 1.12 bits per heavy atom. The fourth-order valence-corrected chi connectivity index (χ4v) is 3.78. The molecule has 0 saturated carbocycles. The molecule has 0 radical (unpaired) electrons. The van der Waals surface area contributed by atoms with Gasteiger partial charge in [-0.2, -0.15) is 19.1 Å². The zero-order valence-corrected chi connectivity index (χ0v) is 17.2. The molecule has 164 valence electrons. The van der Waals surface area contributed by atoms with E-state index in [0.717, 1.165) is 4.68 Å². The van der Waals surface area contributed by atoms with Crippen molar-refractivity contribution in [3.8, 4) is 11.8 Å². The lowest BCUT2D eigenvalue weighted by molar-refractivity contribution is -0.0498. The lowest BCUT2D eigenvalue weighted by Crippen LogP contribution is -2.49. The minimum Gasteiger partial charge on any atom is -0.435 e. The Bertz CT molecular complexity index is 1280. The van der Waals surface area contributed by atoms with Gasteiger partial charge in [-0.1, -0.05) is 18.2 Å². The van der Waals surface area contributed by atoms with E-state index in [1.807, 2.05) is 11.0 Å². The summed E-state index contributed by atoms with van der Waals surface area (Å²) in [6.45, 7) is -1.41. The first-order valence-electron chi connectivity index (χ1n) is 9.87. The highest BCUT2D eigenvalue weighted by Gasteiger charge is 2.26. The number of carbonyl (C=O) groups is 1. The molecule has 1 amide bonds. The second kappa shape index (κ2) is 8.63. The van der Waals surface area contributed by atoms with E-state index >= 15 is 0 Å². The van der Waals surface area contributed by atoms with Gasteiger partial charge in [0.1, 0.15) is 5.75 Å². The van der Waals surface area contributed by atoms with Crippen molar-refractivity contribution in [1.82, 2.24) is 14.7 Å². The first kappa shape index (κ1) is 21.2. The minimum absolute atomic E-state index is 0.0894. The average Bonchev–Trinajstić information content (AvgIpc) is 2.80. The number of alkyl halides is 2. The molecule has 0 aliphatic carbocycles. The number of benzene rings is 2. The van der Waals surface area contributed by atoms with Crippen LogP contribution in [-0.4, -0.2) is 53.4 Å².